The van der Waals surface area contributed by atoms with Gasteiger partial charge in [0.25, 0.3) is 0 Å². The molecule has 3 rings (SSSR count). The summed E-state index contributed by atoms with van der Waals surface area (Å²) < 4.78 is 6.11. The van der Waals surface area contributed by atoms with E-state index in [-0.39, 0.29) is 30.3 Å². The summed E-state index contributed by atoms with van der Waals surface area (Å²) in [6.07, 6.45) is 1.83. The molecule has 0 unspecified atom stereocenters. The minimum absolute atomic E-state index is 0.00309. The minimum Gasteiger partial charge on any atom is -0.491 e. The predicted molar refractivity (Wildman–Crippen MR) is 130 cm³/mol. The van der Waals surface area contributed by atoms with Crippen LogP contribution in [0.1, 0.15) is 56.2 Å². The maximum absolute atomic E-state index is 13.5. The van der Waals surface area contributed by atoms with E-state index in [1.165, 1.54) is 16.0 Å². The van der Waals surface area contributed by atoms with Crippen LogP contribution in [-0.2, 0) is 16.0 Å². The van der Waals surface area contributed by atoms with Gasteiger partial charge in [-0.25, -0.2) is 0 Å². The fourth-order valence-electron chi connectivity index (χ4n) is 4.04. The molecule has 1 aromatic carbocycles. The Morgan fingerprint density at radius 2 is 1.91 bits per heavy atom. The lowest BCUT2D eigenvalue weighted by atomic mass is 10.00. The third kappa shape index (κ3) is 5.91. The Hall–Kier alpha value is -2.34. The number of carbonyl (C=O) groups excluding carboxylic acids is 2. The smallest absolute Gasteiger partial charge is 0.242 e. The Morgan fingerprint density at radius 3 is 2.56 bits per heavy atom. The molecule has 1 aliphatic heterocycles. The molecule has 0 radical (unpaired) electrons. The number of rotatable bonds is 9. The second kappa shape index (κ2) is 11.0. The topological polar surface area (TPSA) is 49.9 Å². The molecule has 0 saturated carbocycles. The van der Waals surface area contributed by atoms with E-state index in [0.717, 1.165) is 18.6 Å². The molecule has 0 bridgehead atoms. The summed E-state index contributed by atoms with van der Waals surface area (Å²) in [7, 11) is 0. The zero-order chi connectivity index (χ0) is 23.3. The molecular weight excluding hydrogens is 420 g/mol. The number of nitrogens with zero attached hydrogens (tertiary/aromatic N) is 2. The highest BCUT2D eigenvalue weighted by molar-refractivity contribution is 7.10. The first-order chi connectivity index (χ1) is 15.3. The van der Waals surface area contributed by atoms with Crippen molar-refractivity contribution in [2.24, 2.45) is 11.8 Å². The van der Waals surface area contributed by atoms with Gasteiger partial charge >= 0.3 is 0 Å². The highest BCUT2D eigenvalue weighted by Gasteiger charge is 2.34. The second-order valence-corrected chi connectivity index (χ2v) is 10.2. The SMILES string of the molecule is CC[C@H](C)CN(CC(=O)N1CCc2sccc2[C@@H]1COc1ccc(C)cc1)C(=O)C(C)C. The maximum atomic E-state index is 13.5. The largest absolute Gasteiger partial charge is 0.491 e. The van der Waals surface area contributed by atoms with Crippen LogP contribution in [0.2, 0.25) is 0 Å². The number of fused-ring (bicyclic) bond motifs is 1. The number of ether oxygens (including phenoxy) is 1. The number of hydrogen-bond acceptors (Lipinski definition) is 4. The van der Waals surface area contributed by atoms with Crippen LogP contribution in [0.5, 0.6) is 5.75 Å². The van der Waals surface area contributed by atoms with Crippen molar-refractivity contribution in [1.82, 2.24) is 9.80 Å². The van der Waals surface area contributed by atoms with E-state index in [1.54, 1.807) is 16.2 Å². The fourth-order valence-corrected chi connectivity index (χ4v) is 4.97. The Labute approximate surface area is 196 Å². The van der Waals surface area contributed by atoms with Crippen LogP contribution in [0.3, 0.4) is 0 Å². The lowest BCUT2D eigenvalue weighted by Gasteiger charge is -2.37. The van der Waals surface area contributed by atoms with E-state index in [0.29, 0.717) is 25.6 Å². The number of amides is 2. The zero-order valence-electron chi connectivity index (χ0n) is 20.0. The molecule has 0 aliphatic carbocycles. The quantitative estimate of drug-likeness (QED) is 0.528. The van der Waals surface area contributed by atoms with E-state index >= 15 is 0 Å². The van der Waals surface area contributed by atoms with Crippen LogP contribution >= 0.6 is 11.3 Å². The molecule has 0 fully saturated rings. The lowest BCUT2D eigenvalue weighted by Crippen LogP contribution is -2.49. The van der Waals surface area contributed by atoms with E-state index in [9.17, 15) is 9.59 Å². The molecule has 5 nitrogen and oxygen atoms in total. The van der Waals surface area contributed by atoms with Gasteiger partial charge in [0.1, 0.15) is 12.4 Å². The van der Waals surface area contributed by atoms with Crippen molar-refractivity contribution in [3.63, 3.8) is 0 Å². The van der Waals surface area contributed by atoms with Gasteiger partial charge in [-0.3, -0.25) is 9.59 Å². The summed E-state index contributed by atoms with van der Waals surface area (Å²) in [6.45, 7) is 11.9. The van der Waals surface area contributed by atoms with Gasteiger partial charge in [-0.1, -0.05) is 51.8 Å². The zero-order valence-corrected chi connectivity index (χ0v) is 20.8. The van der Waals surface area contributed by atoms with Crippen molar-refractivity contribution >= 4 is 23.2 Å². The Morgan fingerprint density at radius 1 is 1.19 bits per heavy atom. The molecular formula is C26H36N2O3S. The van der Waals surface area contributed by atoms with Crippen LogP contribution in [0.4, 0.5) is 0 Å². The molecule has 2 atom stereocenters. The average Bonchev–Trinajstić information content (AvgIpc) is 3.26. The average molecular weight is 457 g/mol. The van der Waals surface area contributed by atoms with E-state index in [2.05, 4.69) is 25.3 Å². The predicted octanol–water partition coefficient (Wildman–Crippen LogP) is 5.09. The first kappa shape index (κ1) is 24.3. The van der Waals surface area contributed by atoms with E-state index in [4.69, 9.17) is 4.74 Å². The maximum Gasteiger partial charge on any atom is 0.242 e. The van der Waals surface area contributed by atoms with E-state index in [1.807, 2.05) is 49.9 Å². The molecule has 1 aliphatic rings. The Kier molecular flexibility index (Phi) is 8.35. The van der Waals surface area contributed by atoms with Crippen LogP contribution in [0.15, 0.2) is 35.7 Å². The Balaban J connectivity index is 1.77. The van der Waals surface area contributed by atoms with Crippen molar-refractivity contribution < 1.29 is 14.3 Å². The lowest BCUT2D eigenvalue weighted by molar-refractivity contribution is -0.144. The van der Waals surface area contributed by atoms with Crippen LogP contribution in [0.25, 0.3) is 0 Å². The molecule has 0 N–H and O–H groups in total. The molecule has 6 heteroatoms. The molecule has 0 saturated heterocycles. The van der Waals surface area contributed by atoms with Gasteiger partial charge in [0, 0.05) is 23.9 Å². The van der Waals surface area contributed by atoms with Crippen LogP contribution < -0.4 is 4.74 Å². The van der Waals surface area contributed by atoms with Crippen molar-refractivity contribution in [1.29, 1.82) is 0 Å². The van der Waals surface area contributed by atoms with Gasteiger partial charge in [0.2, 0.25) is 11.8 Å². The van der Waals surface area contributed by atoms with Crippen molar-refractivity contribution in [2.75, 3.05) is 26.2 Å². The van der Waals surface area contributed by atoms with Crippen molar-refractivity contribution in [2.45, 2.75) is 53.5 Å². The highest BCUT2D eigenvalue weighted by Crippen LogP contribution is 2.34. The number of benzene rings is 1. The normalized spacial score (nSPS) is 16.6. The summed E-state index contributed by atoms with van der Waals surface area (Å²) in [4.78, 5) is 31.3. The molecule has 0 spiro atoms. The summed E-state index contributed by atoms with van der Waals surface area (Å²) in [5.41, 5.74) is 2.36. The van der Waals surface area contributed by atoms with Gasteiger partial charge in [-0.2, -0.15) is 0 Å². The van der Waals surface area contributed by atoms with Crippen molar-refractivity contribution in [3.05, 3.63) is 51.7 Å². The third-order valence-electron chi connectivity index (χ3n) is 6.20. The van der Waals surface area contributed by atoms with Gasteiger partial charge in [-0.05, 0) is 48.4 Å². The van der Waals surface area contributed by atoms with Gasteiger partial charge in [0.15, 0.2) is 0 Å². The molecule has 2 amide bonds. The first-order valence-corrected chi connectivity index (χ1v) is 12.5. The minimum atomic E-state index is -0.140. The van der Waals surface area contributed by atoms with Gasteiger partial charge < -0.3 is 14.5 Å². The van der Waals surface area contributed by atoms with Crippen molar-refractivity contribution in [3.8, 4) is 5.75 Å². The third-order valence-corrected chi connectivity index (χ3v) is 7.20. The fraction of sp³-hybridized carbons (Fsp3) is 0.538. The summed E-state index contributed by atoms with van der Waals surface area (Å²) in [5.74, 6) is 1.07. The Bertz CT molecular complexity index is 906. The molecule has 2 heterocycles. The number of aryl methyl sites for hydroxylation is 1. The molecule has 1 aromatic heterocycles. The van der Waals surface area contributed by atoms with Crippen LogP contribution in [-0.4, -0.2) is 47.9 Å². The van der Waals surface area contributed by atoms with Gasteiger partial charge in [0.05, 0.1) is 12.6 Å². The number of carbonyl (C=O) groups is 2. The first-order valence-electron chi connectivity index (χ1n) is 11.6. The molecule has 32 heavy (non-hydrogen) atoms. The summed E-state index contributed by atoms with van der Waals surface area (Å²) in [5, 5.41) is 2.09. The summed E-state index contributed by atoms with van der Waals surface area (Å²) >= 11 is 1.74. The van der Waals surface area contributed by atoms with E-state index < -0.39 is 0 Å². The summed E-state index contributed by atoms with van der Waals surface area (Å²) in [6, 6.07) is 9.96. The molecule has 174 valence electrons. The second-order valence-electron chi connectivity index (χ2n) is 9.16. The number of hydrogen-bond donors (Lipinski definition) is 0. The monoisotopic (exact) mass is 456 g/mol. The number of thiophene rings is 1. The highest BCUT2D eigenvalue weighted by atomic mass is 32.1. The molecule has 2 aromatic rings. The standard InChI is InChI=1S/C26H36N2O3S/c1-6-19(4)15-27(26(30)18(2)3)16-25(29)28-13-11-24-22(12-14-32-24)23(28)17-31-21-9-7-20(5)8-10-21/h7-10,12,14,18-19,23H,6,11,13,15-17H2,1-5H3/t19-,23-/m0/s1. The van der Waals surface area contributed by atoms with Crippen LogP contribution in [0, 0.1) is 18.8 Å². The van der Waals surface area contributed by atoms with Gasteiger partial charge in [-0.15, -0.1) is 11.3 Å².